The van der Waals surface area contributed by atoms with Crippen molar-refractivity contribution in [3.63, 3.8) is 0 Å². The Morgan fingerprint density at radius 3 is 2.12 bits per heavy atom. The number of nitrogens with one attached hydrogen (secondary N) is 2. The van der Waals surface area contributed by atoms with E-state index >= 15 is 0 Å². The maximum absolute atomic E-state index is 11.9. The van der Waals surface area contributed by atoms with Gasteiger partial charge < -0.3 is 10.4 Å². The summed E-state index contributed by atoms with van der Waals surface area (Å²) in [6.07, 6.45) is -6.18. The molecule has 0 aliphatic heterocycles. The van der Waals surface area contributed by atoms with E-state index in [4.69, 9.17) is 5.11 Å². The highest BCUT2D eigenvalue weighted by Gasteiger charge is 2.38. The highest BCUT2D eigenvalue weighted by Crippen LogP contribution is 2.19. The van der Waals surface area contributed by atoms with Gasteiger partial charge in [0.1, 0.15) is 0 Å². The zero-order valence-corrected chi connectivity index (χ0v) is 10.6. The molecule has 0 radical (unpaired) electrons. The second-order valence-corrected chi connectivity index (χ2v) is 6.19. The standard InChI is InChI=1S/C8H17F3N2O3S/c1-7(2,13-17(3,15)16)5-12-4-6(14)8(9,10)11/h6,12-14H,4-5H2,1-3H3. The van der Waals surface area contributed by atoms with Gasteiger partial charge in [0.25, 0.3) is 0 Å². The summed E-state index contributed by atoms with van der Waals surface area (Å²) < 4.78 is 59.9. The number of rotatable bonds is 6. The van der Waals surface area contributed by atoms with E-state index in [1.807, 2.05) is 0 Å². The molecule has 0 heterocycles. The van der Waals surface area contributed by atoms with Gasteiger partial charge in [-0.15, -0.1) is 0 Å². The number of aliphatic hydroxyl groups excluding tert-OH is 1. The summed E-state index contributed by atoms with van der Waals surface area (Å²) in [7, 11) is -3.44. The quantitative estimate of drug-likeness (QED) is 0.630. The summed E-state index contributed by atoms with van der Waals surface area (Å²) in [6, 6.07) is 0. The van der Waals surface area contributed by atoms with Gasteiger partial charge in [-0.2, -0.15) is 13.2 Å². The lowest BCUT2D eigenvalue weighted by atomic mass is 10.1. The third kappa shape index (κ3) is 8.36. The van der Waals surface area contributed by atoms with E-state index in [1.54, 1.807) is 0 Å². The Labute approximate surface area is 98.4 Å². The van der Waals surface area contributed by atoms with Crippen LogP contribution in [0.2, 0.25) is 0 Å². The van der Waals surface area contributed by atoms with Crippen molar-refractivity contribution in [2.75, 3.05) is 19.3 Å². The molecular weight excluding hydrogens is 261 g/mol. The fourth-order valence-electron chi connectivity index (χ4n) is 1.18. The first-order valence-corrected chi connectivity index (χ1v) is 6.67. The van der Waals surface area contributed by atoms with E-state index < -0.39 is 34.4 Å². The lowest BCUT2D eigenvalue weighted by molar-refractivity contribution is -0.201. The number of hydrogen-bond acceptors (Lipinski definition) is 4. The van der Waals surface area contributed by atoms with E-state index in [-0.39, 0.29) is 6.54 Å². The van der Waals surface area contributed by atoms with Crippen molar-refractivity contribution in [3.05, 3.63) is 0 Å². The minimum atomic E-state index is -4.68. The van der Waals surface area contributed by atoms with Crippen LogP contribution in [0.25, 0.3) is 0 Å². The summed E-state index contributed by atoms with van der Waals surface area (Å²) in [5, 5.41) is 11.0. The third-order valence-electron chi connectivity index (χ3n) is 1.74. The molecule has 0 saturated carbocycles. The number of halogens is 3. The van der Waals surface area contributed by atoms with Crippen LogP contribution >= 0.6 is 0 Å². The van der Waals surface area contributed by atoms with Gasteiger partial charge in [0, 0.05) is 18.6 Å². The Bertz CT molecular complexity index is 340. The summed E-state index contributed by atoms with van der Waals surface area (Å²) in [6.45, 7) is 2.31. The topological polar surface area (TPSA) is 78.4 Å². The van der Waals surface area contributed by atoms with E-state index in [0.717, 1.165) is 6.26 Å². The zero-order chi connectivity index (χ0) is 13.9. The summed E-state index contributed by atoms with van der Waals surface area (Å²) in [5.41, 5.74) is -0.932. The first-order chi connectivity index (χ1) is 7.33. The van der Waals surface area contributed by atoms with Crippen molar-refractivity contribution in [1.29, 1.82) is 0 Å². The third-order valence-corrected chi connectivity index (χ3v) is 2.67. The average Bonchev–Trinajstić information content (AvgIpc) is 1.96. The van der Waals surface area contributed by atoms with Crippen LogP contribution in [0.15, 0.2) is 0 Å². The maximum atomic E-state index is 11.9. The van der Waals surface area contributed by atoms with Crippen molar-refractivity contribution in [2.24, 2.45) is 0 Å². The van der Waals surface area contributed by atoms with Gasteiger partial charge in [-0.05, 0) is 13.8 Å². The van der Waals surface area contributed by atoms with Gasteiger partial charge in [0.05, 0.1) is 6.26 Å². The molecule has 0 aliphatic carbocycles. The van der Waals surface area contributed by atoms with Gasteiger partial charge in [-0.1, -0.05) is 0 Å². The monoisotopic (exact) mass is 278 g/mol. The van der Waals surface area contributed by atoms with Crippen LogP contribution in [0.1, 0.15) is 13.8 Å². The summed E-state index contributed by atoms with van der Waals surface area (Å²) in [5.74, 6) is 0. The Morgan fingerprint density at radius 2 is 1.76 bits per heavy atom. The molecule has 17 heavy (non-hydrogen) atoms. The Hall–Kier alpha value is -0.380. The fourth-order valence-corrected chi connectivity index (χ4v) is 2.25. The lowest BCUT2D eigenvalue weighted by Gasteiger charge is -2.26. The van der Waals surface area contributed by atoms with Crippen molar-refractivity contribution >= 4 is 10.0 Å². The van der Waals surface area contributed by atoms with Crippen molar-refractivity contribution in [3.8, 4) is 0 Å². The van der Waals surface area contributed by atoms with Crippen molar-refractivity contribution in [2.45, 2.75) is 31.7 Å². The molecule has 1 atom stereocenters. The highest BCUT2D eigenvalue weighted by atomic mass is 32.2. The molecule has 0 rings (SSSR count). The second-order valence-electron chi connectivity index (χ2n) is 4.45. The SMILES string of the molecule is CC(C)(CNCC(O)C(F)(F)F)NS(C)(=O)=O. The minimum absolute atomic E-state index is 0.0345. The van der Waals surface area contributed by atoms with Crippen LogP contribution in [-0.4, -0.2) is 50.7 Å². The first kappa shape index (κ1) is 16.6. The van der Waals surface area contributed by atoms with Gasteiger partial charge in [-0.3, -0.25) is 0 Å². The predicted octanol–water partition coefficient (Wildman–Crippen LogP) is -0.173. The van der Waals surface area contributed by atoms with Crippen LogP contribution < -0.4 is 10.0 Å². The van der Waals surface area contributed by atoms with Crippen molar-refractivity contribution in [1.82, 2.24) is 10.0 Å². The van der Waals surface area contributed by atoms with Gasteiger partial charge in [0.15, 0.2) is 6.10 Å². The van der Waals surface area contributed by atoms with E-state index in [0.29, 0.717) is 0 Å². The number of aliphatic hydroxyl groups is 1. The minimum Gasteiger partial charge on any atom is -0.382 e. The molecule has 0 saturated heterocycles. The Kier molecular flexibility index (Phi) is 5.38. The normalized spacial score (nSPS) is 15.9. The smallest absolute Gasteiger partial charge is 0.382 e. The summed E-state index contributed by atoms with van der Waals surface area (Å²) in [4.78, 5) is 0. The molecule has 0 amide bonds. The molecule has 1 unspecified atom stereocenters. The first-order valence-electron chi connectivity index (χ1n) is 4.78. The largest absolute Gasteiger partial charge is 0.415 e. The van der Waals surface area contributed by atoms with Gasteiger partial charge in [0.2, 0.25) is 10.0 Å². The number of alkyl halides is 3. The molecule has 9 heteroatoms. The van der Waals surface area contributed by atoms with Gasteiger partial charge in [-0.25, -0.2) is 13.1 Å². The van der Waals surface area contributed by atoms with Crippen LogP contribution in [-0.2, 0) is 10.0 Å². The predicted molar refractivity (Wildman–Crippen MR) is 57.0 cm³/mol. The highest BCUT2D eigenvalue weighted by molar-refractivity contribution is 7.88. The molecule has 0 aliphatic rings. The van der Waals surface area contributed by atoms with Crippen LogP contribution in [0.4, 0.5) is 13.2 Å². The van der Waals surface area contributed by atoms with Crippen LogP contribution in [0.5, 0.6) is 0 Å². The molecule has 0 aromatic heterocycles. The molecule has 0 fully saturated rings. The Balaban J connectivity index is 4.13. The van der Waals surface area contributed by atoms with E-state index in [1.165, 1.54) is 13.8 Å². The fraction of sp³-hybridized carbons (Fsp3) is 1.00. The van der Waals surface area contributed by atoms with Crippen LogP contribution in [0, 0.1) is 0 Å². The molecule has 0 aromatic carbocycles. The summed E-state index contributed by atoms with van der Waals surface area (Å²) >= 11 is 0. The molecule has 0 spiro atoms. The average molecular weight is 278 g/mol. The number of sulfonamides is 1. The van der Waals surface area contributed by atoms with E-state index in [2.05, 4.69) is 10.0 Å². The molecule has 0 bridgehead atoms. The number of hydrogen-bond donors (Lipinski definition) is 3. The zero-order valence-electron chi connectivity index (χ0n) is 9.80. The van der Waals surface area contributed by atoms with Crippen molar-refractivity contribution < 1.29 is 26.7 Å². The molecule has 0 aromatic rings. The lowest BCUT2D eigenvalue weighted by Crippen LogP contribution is -2.51. The molecule has 3 N–H and O–H groups in total. The Morgan fingerprint density at radius 1 is 1.29 bits per heavy atom. The second kappa shape index (κ2) is 5.51. The molecule has 5 nitrogen and oxygen atoms in total. The molecular formula is C8H17F3N2O3S. The van der Waals surface area contributed by atoms with Gasteiger partial charge >= 0.3 is 6.18 Å². The molecule has 104 valence electrons. The maximum Gasteiger partial charge on any atom is 0.415 e. The van der Waals surface area contributed by atoms with E-state index in [9.17, 15) is 21.6 Å². The van der Waals surface area contributed by atoms with Crippen LogP contribution in [0.3, 0.4) is 0 Å².